The summed E-state index contributed by atoms with van der Waals surface area (Å²) in [6.07, 6.45) is 5.26. The number of halogens is 1. The predicted molar refractivity (Wildman–Crippen MR) is 158 cm³/mol. The van der Waals surface area contributed by atoms with Crippen molar-refractivity contribution in [2.45, 2.75) is 40.0 Å². The van der Waals surface area contributed by atoms with Gasteiger partial charge in [-0.25, -0.2) is 9.97 Å². The Morgan fingerprint density at radius 2 is 1.82 bits per heavy atom. The molecule has 0 radical (unpaired) electrons. The van der Waals surface area contributed by atoms with Gasteiger partial charge in [-0.15, -0.1) is 0 Å². The molecule has 0 bridgehead atoms. The van der Waals surface area contributed by atoms with E-state index in [1.54, 1.807) is 6.33 Å². The SMILES string of the molecule is CC(=O)O.CCCOc1cc(NCCN2CCCC2)c(C)c(N2CCN(c3ncnc4[nH]nc(Br)c34)CC2)c1. The molecular weight excluding hydrogens is 564 g/mol. The van der Waals surface area contributed by atoms with Gasteiger partial charge in [-0.05, 0) is 60.8 Å². The maximum absolute atomic E-state index is 9.00. The number of aliphatic carboxylic acids is 1. The number of fused-ring (bicyclic) bond motifs is 1. The quantitative estimate of drug-likeness (QED) is 0.329. The Balaban J connectivity index is 0.000000826. The molecule has 0 saturated carbocycles. The zero-order valence-corrected chi connectivity index (χ0v) is 24.6. The number of H-pyrrole nitrogens is 1. The van der Waals surface area contributed by atoms with Crippen molar-refractivity contribution in [1.82, 2.24) is 25.1 Å². The first-order chi connectivity index (χ1) is 18.9. The van der Waals surface area contributed by atoms with Crippen LogP contribution in [-0.4, -0.2) is 95.1 Å². The number of likely N-dealkylation sites (tertiary alicyclic amines) is 1. The summed E-state index contributed by atoms with van der Waals surface area (Å²) in [4.78, 5) is 25.2. The number of carboxylic acids is 1. The minimum Gasteiger partial charge on any atom is -0.493 e. The lowest BCUT2D eigenvalue weighted by atomic mass is 10.1. The summed E-state index contributed by atoms with van der Waals surface area (Å²) in [7, 11) is 0. The molecule has 2 saturated heterocycles. The van der Waals surface area contributed by atoms with Crippen LogP contribution in [-0.2, 0) is 4.79 Å². The first kappa shape index (κ1) is 28.9. The lowest BCUT2D eigenvalue weighted by Crippen LogP contribution is -2.47. The van der Waals surface area contributed by atoms with Gasteiger partial charge in [0.2, 0.25) is 0 Å². The number of piperazine rings is 1. The van der Waals surface area contributed by atoms with Crippen LogP contribution in [0.2, 0.25) is 0 Å². The second-order valence-electron chi connectivity index (χ2n) is 9.87. The molecule has 0 amide bonds. The smallest absolute Gasteiger partial charge is 0.300 e. The molecule has 0 unspecified atom stereocenters. The molecule has 4 heterocycles. The average Bonchev–Trinajstić information content (AvgIpc) is 3.58. The number of ether oxygens (including phenoxy) is 1. The van der Waals surface area contributed by atoms with E-state index in [0.717, 1.165) is 86.4 Å². The van der Waals surface area contributed by atoms with Crippen LogP contribution in [0.4, 0.5) is 17.2 Å². The largest absolute Gasteiger partial charge is 0.493 e. The highest BCUT2D eigenvalue weighted by atomic mass is 79.9. The number of rotatable bonds is 9. The van der Waals surface area contributed by atoms with Crippen LogP contribution in [0.1, 0.15) is 38.7 Å². The number of hydrogen-bond donors (Lipinski definition) is 3. The average molecular weight is 604 g/mol. The number of nitrogens with one attached hydrogen (secondary N) is 2. The van der Waals surface area contributed by atoms with Gasteiger partial charge in [0.05, 0.1) is 12.0 Å². The highest BCUT2D eigenvalue weighted by Gasteiger charge is 2.24. The molecule has 3 aromatic rings. The number of hydrogen-bond acceptors (Lipinski definition) is 9. The number of benzene rings is 1. The minimum absolute atomic E-state index is 0.729. The highest BCUT2D eigenvalue weighted by molar-refractivity contribution is 9.10. The van der Waals surface area contributed by atoms with E-state index in [9.17, 15) is 0 Å². The van der Waals surface area contributed by atoms with E-state index in [-0.39, 0.29) is 0 Å². The predicted octanol–water partition coefficient (Wildman–Crippen LogP) is 4.14. The van der Waals surface area contributed by atoms with E-state index in [4.69, 9.17) is 14.6 Å². The molecular formula is C27H39BrN8O3. The van der Waals surface area contributed by atoms with Crippen LogP contribution in [0, 0.1) is 6.92 Å². The third-order valence-corrected chi connectivity index (χ3v) is 7.56. The maximum atomic E-state index is 9.00. The van der Waals surface area contributed by atoms with E-state index < -0.39 is 5.97 Å². The summed E-state index contributed by atoms with van der Waals surface area (Å²) >= 11 is 3.54. The number of carboxylic acid groups (broad SMARTS) is 1. The normalized spacial score (nSPS) is 15.8. The first-order valence-electron chi connectivity index (χ1n) is 13.6. The van der Waals surface area contributed by atoms with E-state index in [1.165, 1.54) is 42.9 Å². The van der Waals surface area contributed by atoms with Crippen molar-refractivity contribution in [3.05, 3.63) is 28.6 Å². The topological polar surface area (TPSA) is 123 Å². The maximum Gasteiger partial charge on any atom is 0.300 e. The molecule has 2 aliphatic rings. The molecule has 2 aromatic heterocycles. The van der Waals surface area contributed by atoms with Gasteiger partial charge >= 0.3 is 0 Å². The van der Waals surface area contributed by atoms with Crippen molar-refractivity contribution >= 4 is 50.1 Å². The lowest BCUT2D eigenvalue weighted by Gasteiger charge is -2.38. The molecule has 0 atom stereocenters. The summed E-state index contributed by atoms with van der Waals surface area (Å²) in [6, 6.07) is 4.38. The van der Waals surface area contributed by atoms with Gasteiger partial charge < -0.3 is 29.9 Å². The summed E-state index contributed by atoms with van der Waals surface area (Å²) in [5.74, 6) is 1.04. The second kappa shape index (κ2) is 13.8. The van der Waals surface area contributed by atoms with Crippen LogP contribution in [0.15, 0.2) is 23.1 Å². The van der Waals surface area contributed by atoms with Gasteiger partial charge in [0.25, 0.3) is 5.97 Å². The van der Waals surface area contributed by atoms with Gasteiger partial charge in [-0.2, -0.15) is 5.10 Å². The third-order valence-electron chi connectivity index (χ3n) is 6.98. The van der Waals surface area contributed by atoms with Gasteiger partial charge in [0.1, 0.15) is 22.5 Å². The van der Waals surface area contributed by atoms with E-state index in [1.807, 2.05) is 0 Å². The van der Waals surface area contributed by atoms with Crippen molar-refractivity contribution in [2.24, 2.45) is 0 Å². The Morgan fingerprint density at radius 1 is 1.13 bits per heavy atom. The Bertz CT molecular complexity index is 1240. The summed E-state index contributed by atoms with van der Waals surface area (Å²) in [6.45, 7) is 14.2. The van der Waals surface area contributed by atoms with Gasteiger partial charge in [-0.1, -0.05) is 6.92 Å². The number of aromatic amines is 1. The number of nitrogens with zero attached hydrogens (tertiary/aromatic N) is 6. The number of aromatic nitrogens is 4. The Labute approximate surface area is 238 Å². The molecule has 212 valence electrons. The molecule has 12 heteroatoms. The summed E-state index contributed by atoms with van der Waals surface area (Å²) < 4.78 is 6.84. The molecule has 5 rings (SSSR count). The Morgan fingerprint density at radius 3 is 2.51 bits per heavy atom. The van der Waals surface area contributed by atoms with Gasteiger partial charge in [0, 0.05) is 69.7 Å². The van der Waals surface area contributed by atoms with E-state index in [0.29, 0.717) is 0 Å². The minimum atomic E-state index is -0.833. The van der Waals surface area contributed by atoms with Crippen molar-refractivity contribution < 1.29 is 14.6 Å². The zero-order valence-electron chi connectivity index (χ0n) is 23.0. The second-order valence-corrected chi connectivity index (χ2v) is 10.6. The van der Waals surface area contributed by atoms with Crippen molar-refractivity contribution in [3.63, 3.8) is 0 Å². The summed E-state index contributed by atoms with van der Waals surface area (Å²) in [5, 5.41) is 19.3. The molecule has 2 fully saturated rings. The number of anilines is 3. The third kappa shape index (κ3) is 7.51. The van der Waals surface area contributed by atoms with Crippen molar-refractivity contribution in [3.8, 4) is 5.75 Å². The zero-order chi connectivity index (χ0) is 27.8. The van der Waals surface area contributed by atoms with E-state index >= 15 is 0 Å². The summed E-state index contributed by atoms with van der Waals surface area (Å²) in [5.41, 5.74) is 4.46. The molecule has 39 heavy (non-hydrogen) atoms. The fourth-order valence-electron chi connectivity index (χ4n) is 5.05. The molecule has 3 N–H and O–H groups in total. The molecule has 2 aliphatic heterocycles. The van der Waals surface area contributed by atoms with Crippen molar-refractivity contribution in [1.29, 1.82) is 0 Å². The van der Waals surface area contributed by atoms with Crippen LogP contribution in [0.5, 0.6) is 5.75 Å². The highest BCUT2D eigenvalue weighted by Crippen LogP contribution is 2.35. The molecule has 11 nitrogen and oxygen atoms in total. The van der Waals surface area contributed by atoms with Crippen LogP contribution >= 0.6 is 15.9 Å². The van der Waals surface area contributed by atoms with Gasteiger partial charge in [-0.3, -0.25) is 9.89 Å². The number of carbonyl (C=O) groups is 1. The van der Waals surface area contributed by atoms with Crippen LogP contribution < -0.4 is 19.9 Å². The Hall–Kier alpha value is -3.12. The fourth-order valence-corrected chi connectivity index (χ4v) is 5.51. The van der Waals surface area contributed by atoms with Crippen LogP contribution in [0.3, 0.4) is 0 Å². The fraction of sp³-hybridized carbons (Fsp3) is 0.556. The first-order valence-corrected chi connectivity index (χ1v) is 14.4. The standard InChI is InChI=1S/C25H35BrN8O.C2H4O2/c1-3-14-35-19-15-20(27-6-9-32-7-4-5-8-32)18(2)21(16-19)33-10-12-34(13-11-33)25-22-23(26)30-31-24(22)28-17-29-25;1-2(3)4/h15-17,27H,3-14H2,1-2H3,(H,28,29,30,31);1H3,(H,3,4). The monoisotopic (exact) mass is 602 g/mol. The lowest BCUT2D eigenvalue weighted by molar-refractivity contribution is -0.134. The van der Waals surface area contributed by atoms with E-state index in [2.05, 4.69) is 82.1 Å². The van der Waals surface area contributed by atoms with Crippen LogP contribution in [0.25, 0.3) is 11.0 Å². The Kier molecular flexibility index (Phi) is 10.2. The molecule has 0 aliphatic carbocycles. The molecule has 0 spiro atoms. The van der Waals surface area contributed by atoms with Gasteiger partial charge in [0.15, 0.2) is 5.65 Å². The molecule has 1 aromatic carbocycles. The van der Waals surface area contributed by atoms with Crippen molar-refractivity contribution in [2.75, 3.05) is 74.1 Å².